The second-order valence-corrected chi connectivity index (χ2v) is 5.55. The van der Waals surface area contributed by atoms with Gasteiger partial charge in [0.1, 0.15) is 5.75 Å². The Hall–Kier alpha value is -2.73. The fourth-order valence-corrected chi connectivity index (χ4v) is 2.73. The first-order valence-corrected chi connectivity index (χ1v) is 8.04. The number of thiazole rings is 1. The summed E-state index contributed by atoms with van der Waals surface area (Å²) in [6.45, 7) is 2.54. The Morgan fingerprint density at radius 1 is 1.26 bits per heavy atom. The molecule has 0 atom stereocenters. The number of amides is 1. The van der Waals surface area contributed by atoms with Gasteiger partial charge in [0.2, 0.25) is 0 Å². The predicted molar refractivity (Wildman–Crippen MR) is 90.9 cm³/mol. The van der Waals surface area contributed by atoms with Crippen molar-refractivity contribution in [3.8, 4) is 17.0 Å². The van der Waals surface area contributed by atoms with Gasteiger partial charge in [-0.05, 0) is 43.3 Å². The number of carbonyl (C=O) groups is 1. The van der Waals surface area contributed by atoms with Crippen LogP contribution >= 0.6 is 11.3 Å². The number of benzene rings is 1. The summed E-state index contributed by atoms with van der Waals surface area (Å²) in [6, 6.07) is 11.0. The van der Waals surface area contributed by atoms with Gasteiger partial charge in [0, 0.05) is 29.0 Å². The van der Waals surface area contributed by atoms with Crippen molar-refractivity contribution in [2.75, 3.05) is 11.9 Å². The lowest BCUT2D eigenvalue weighted by molar-refractivity contribution is 0.102. The van der Waals surface area contributed by atoms with Crippen molar-refractivity contribution >= 4 is 22.9 Å². The first-order chi connectivity index (χ1) is 11.3. The van der Waals surface area contributed by atoms with Crippen LogP contribution in [0.15, 0.2) is 54.2 Å². The molecule has 0 saturated carbocycles. The molecule has 0 radical (unpaired) electrons. The highest BCUT2D eigenvalue weighted by Gasteiger charge is 2.12. The molecule has 23 heavy (non-hydrogen) atoms. The lowest BCUT2D eigenvalue weighted by atomic mass is 10.2. The van der Waals surface area contributed by atoms with Crippen molar-refractivity contribution in [1.29, 1.82) is 0 Å². The molecule has 0 aliphatic heterocycles. The number of rotatable bonds is 5. The third kappa shape index (κ3) is 3.73. The first kappa shape index (κ1) is 15.2. The van der Waals surface area contributed by atoms with Crippen molar-refractivity contribution in [3.05, 3.63) is 59.2 Å². The lowest BCUT2D eigenvalue weighted by Crippen LogP contribution is -2.11. The SMILES string of the molecule is CCOc1ccc(NC(=O)c2nc(-c3cccnc3)cs2)cc1. The monoisotopic (exact) mass is 325 g/mol. The minimum absolute atomic E-state index is 0.227. The second-order valence-electron chi connectivity index (χ2n) is 4.69. The average molecular weight is 325 g/mol. The molecule has 6 heteroatoms. The zero-order chi connectivity index (χ0) is 16.1. The van der Waals surface area contributed by atoms with Crippen LogP contribution in [-0.4, -0.2) is 22.5 Å². The number of nitrogens with zero attached hydrogens (tertiary/aromatic N) is 2. The van der Waals surface area contributed by atoms with Crippen LogP contribution < -0.4 is 10.1 Å². The van der Waals surface area contributed by atoms with E-state index >= 15 is 0 Å². The Balaban J connectivity index is 1.70. The molecule has 0 unspecified atom stereocenters. The zero-order valence-electron chi connectivity index (χ0n) is 12.5. The molecule has 0 bridgehead atoms. The summed E-state index contributed by atoms with van der Waals surface area (Å²) >= 11 is 1.31. The van der Waals surface area contributed by atoms with Crippen LogP contribution in [0.4, 0.5) is 5.69 Å². The quantitative estimate of drug-likeness (QED) is 0.774. The van der Waals surface area contributed by atoms with E-state index in [-0.39, 0.29) is 5.91 Å². The minimum atomic E-state index is -0.227. The predicted octanol–water partition coefficient (Wildman–Crippen LogP) is 3.86. The Morgan fingerprint density at radius 2 is 2.09 bits per heavy atom. The fraction of sp³-hybridized carbons (Fsp3) is 0.118. The fourth-order valence-electron chi connectivity index (χ4n) is 2.01. The Morgan fingerprint density at radius 3 is 2.78 bits per heavy atom. The van der Waals surface area contributed by atoms with Gasteiger partial charge < -0.3 is 10.1 Å². The van der Waals surface area contributed by atoms with Gasteiger partial charge in [-0.2, -0.15) is 0 Å². The van der Waals surface area contributed by atoms with E-state index in [1.165, 1.54) is 11.3 Å². The number of anilines is 1. The molecule has 0 aliphatic rings. The molecule has 0 fully saturated rings. The summed E-state index contributed by atoms with van der Waals surface area (Å²) in [4.78, 5) is 20.7. The van der Waals surface area contributed by atoms with Crippen LogP contribution in [0.3, 0.4) is 0 Å². The summed E-state index contributed by atoms with van der Waals surface area (Å²) < 4.78 is 5.37. The van der Waals surface area contributed by atoms with E-state index in [2.05, 4.69) is 15.3 Å². The number of hydrogen-bond acceptors (Lipinski definition) is 5. The van der Waals surface area contributed by atoms with Gasteiger partial charge in [0.25, 0.3) is 5.91 Å². The molecule has 1 amide bonds. The smallest absolute Gasteiger partial charge is 0.284 e. The van der Waals surface area contributed by atoms with Crippen LogP contribution in [0.2, 0.25) is 0 Å². The summed E-state index contributed by atoms with van der Waals surface area (Å²) in [5, 5.41) is 5.10. The number of aromatic nitrogens is 2. The summed E-state index contributed by atoms with van der Waals surface area (Å²) in [6.07, 6.45) is 3.43. The van der Waals surface area contributed by atoms with Crippen molar-refractivity contribution in [3.63, 3.8) is 0 Å². The van der Waals surface area contributed by atoms with E-state index in [1.807, 2.05) is 36.6 Å². The normalized spacial score (nSPS) is 10.3. The van der Waals surface area contributed by atoms with Crippen molar-refractivity contribution in [2.24, 2.45) is 0 Å². The molecule has 0 saturated heterocycles. The van der Waals surface area contributed by atoms with E-state index in [0.717, 1.165) is 17.0 Å². The number of carbonyl (C=O) groups excluding carboxylic acids is 1. The maximum absolute atomic E-state index is 12.3. The van der Waals surface area contributed by atoms with Crippen LogP contribution in [-0.2, 0) is 0 Å². The molecule has 3 rings (SSSR count). The van der Waals surface area contributed by atoms with E-state index in [1.54, 1.807) is 24.5 Å². The van der Waals surface area contributed by atoms with Gasteiger partial charge in [-0.1, -0.05) is 0 Å². The van der Waals surface area contributed by atoms with Crippen molar-refractivity contribution in [2.45, 2.75) is 6.92 Å². The molecule has 116 valence electrons. The van der Waals surface area contributed by atoms with Crippen LogP contribution in [0, 0.1) is 0 Å². The van der Waals surface area contributed by atoms with E-state index in [9.17, 15) is 4.79 Å². The zero-order valence-corrected chi connectivity index (χ0v) is 13.3. The summed E-state index contributed by atoms with van der Waals surface area (Å²) in [5.41, 5.74) is 2.35. The number of nitrogens with one attached hydrogen (secondary N) is 1. The van der Waals surface area contributed by atoms with Gasteiger partial charge in [0.05, 0.1) is 12.3 Å². The minimum Gasteiger partial charge on any atom is -0.494 e. The number of pyridine rings is 1. The van der Waals surface area contributed by atoms with Crippen LogP contribution in [0.25, 0.3) is 11.3 Å². The van der Waals surface area contributed by atoms with Gasteiger partial charge in [-0.25, -0.2) is 4.98 Å². The van der Waals surface area contributed by atoms with Crippen molar-refractivity contribution in [1.82, 2.24) is 9.97 Å². The third-order valence-electron chi connectivity index (χ3n) is 3.08. The van der Waals surface area contributed by atoms with E-state index in [0.29, 0.717) is 17.3 Å². The molecule has 1 aromatic carbocycles. The molecule has 0 aliphatic carbocycles. The molecule has 1 N–H and O–H groups in total. The second kappa shape index (κ2) is 7.02. The van der Waals surface area contributed by atoms with E-state index < -0.39 is 0 Å². The Kier molecular flexibility index (Phi) is 4.63. The Bertz CT molecular complexity index is 785. The summed E-state index contributed by atoms with van der Waals surface area (Å²) in [7, 11) is 0. The average Bonchev–Trinajstić information content (AvgIpc) is 3.08. The summed E-state index contributed by atoms with van der Waals surface area (Å²) in [5.74, 6) is 0.549. The Labute approximate surface area is 138 Å². The third-order valence-corrected chi connectivity index (χ3v) is 3.92. The molecule has 2 aromatic heterocycles. The standard InChI is InChI=1S/C17H15N3O2S/c1-2-22-14-7-5-13(6-8-14)19-16(21)17-20-15(11-23-17)12-4-3-9-18-10-12/h3-11H,2H2,1H3,(H,19,21). The van der Waals surface area contributed by atoms with Gasteiger partial charge in [0.15, 0.2) is 5.01 Å². The van der Waals surface area contributed by atoms with Crippen molar-refractivity contribution < 1.29 is 9.53 Å². The highest BCUT2D eigenvalue weighted by Crippen LogP contribution is 2.22. The molecule has 5 nitrogen and oxygen atoms in total. The maximum Gasteiger partial charge on any atom is 0.284 e. The largest absolute Gasteiger partial charge is 0.494 e. The molecule has 0 spiro atoms. The first-order valence-electron chi connectivity index (χ1n) is 7.16. The van der Waals surface area contributed by atoms with E-state index in [4.69, 9.17) is 4.74 Å². The molecular formula is C17H15N3O2S. The van der Waals surface area contributed by atoms with Crippen LogP contribution in [0.1, 0.15) is 16.7 Å². The lowest BCUT2D eigenvalue weighted by Gasteiger charge is -2.05. The highest BCUT2D eigenvalue weighted by atomic mass is 32.1. The van der Waals surface area contributed by atoms with Gasteiger partial charge >= 0.3 is 0 Å². The molecular weight excluding hydrogens is 310 g/mol. The molecule has 2 heterocycles. The number of hydrogen-bond donors (Lipinski definition) is 1. The topological polar surface area (TPSA) is 64.1 Å². The van der Waals surface area contributed by atoms with Gasteiger partial charge in [-0.3, -0.25) is 9.78 Å². The van der Waals surface area contributed by atoms with Crippen LogP contribution in [0.5, 0.6) is 5.75 Å². The number of ether oxygens (including phenoxy) is 1. The highest BCUT2D eigenvalue weighted by molar-refractivity contribution is 7.12. The van der Waals surface area contributed by atoms with Gasteiger partial charge in [-0.15, -0.1) is 11.3 Å². The maximum atomic E-state index is 12.3. The molecule has 3 aromatic rings.